The number of rotatable bonds is 5. The minimum absolute atomic E-state index is 0. The van der Waals surface area contributed by atoms with Gasteiger partial charge < -0.3 is 10.2 Å². The number of carbonyl (C=O) groups is 2. The Hall–Kier alpha value is -2.19. The molecule has 2 heterocycles. The van der Waals surface area contributed by atoms with E-state index in [1.54, 1.807) is 0 Å². The molecule has 7 nitrogen and oxygen atoms in total. The topological polar surface area (TPSA) is 94.6 Å². The third-order valence-corrected chi connectivity index (χ3v) is 5.19. The van der Waals surface area contributed by atoms with Crippen molar-refractivity contribution in [2.24, 2.45) is 5.92 Å². The van der Waals surface area contributed by atoms with Crippen molar-refractivity contribution in [3.05, 3.63) is 29.7 Å². The van der Waals surface area contributed by atoms with E-state index < -0.39 is 11.7 Å². The number of pyridine rings is 1. The Morgan fingerprint density at radius 1 is 1.25 bits per heavy atom. The highest BCUT2D eigenvalue weighted by atomic mass is 35.5. The number of hydroxylamine groups is 1. The molecule has 1 saturated carbocycles. The molecule has 3 N–H and O–H groups in total. The monoisotopic (exact) mass is 412 g/mol. The molecule has 1 aromatic heterocycles. The van der Waals surface area contributed by atoms with E-state index in [1.807, 2.05) is 4.90 Å². The smallest absolute Gasteiger partial charge is 0.267 e. The summed E-state index contributed by atoms with van der Waals surface area (Å²) in [6.07, 6.45) is 10.1. The molecule has 2 fully saturated rings. The molecule has 2 amide bonds. The molecule has 1 aliphatic heterocycles. The zero-order valence-electron chi connectivity index (χ0n) is 15.6. The van der Waals surface area contributed by atoms with Gasteiger partial charge in [0.05, 0.1) is 0 Å². The van der Waals surface area contributed by atoms with Gasteiger partial charge in [0.1, 0.15) is 0 Å². The Morgan fingerprint density at radius 3 is 2.68 bits per heavy atom. The molecule has 154 valence electrons. The van der Waals surface area contributed by atoms with Crippen LogP contribution in [0.15, 0.2) is 18.3 Å². The lowest BCUT2D eigenvalue weighted by Crippen LogP contribution is -2.37. The number of aromatic nitrogens is 1. The molecule has 0 bridgehead atoms. The van der Waals surface area contributed by atoms with Gasteiger partial charge in [-0.2, -0.15) is 0 Å². The SMILES string of the molecule is Cl.O=C(/C=C/c1cnc(N[C@@H]2CCN(C(=O)C3CCCCC3)C2)c(F)c1)NO. The molecule has 1 saturated heterocycles. The van der Waals surface area contributed by atoms with Crippen molar-refractivity contribution in [2.45, 2.75) is 44.6 Å². The molecule has 0 spiro atoms. The first kappa shape index (κ1) is 22.1. The number of anilines is 1. The average Bonchev–Trinajstić information content (AvgIpc) is 3.16. The third kappa shape index (κ3) is 5.65. The van der Waals surface area contributed by atoms with Gasteiger partial charge in [-0.25, -0.2) is 14.9 Å². The lowest BCUT2D eigenvalue weighted by molar-refractivity contribution is -0.135. The number of likely N-dealkylation sites (tertiary alicyclic amines) is 1. The summed E-state index contributed by atoms with van der Waals surface area (Å²) >= 11 is 0. The summed E-state index contributed by atoms with van der Waals surface area (Å²) in [5.41, 5.74) is 1.87. The van der Waals surface area contributed by atoms with Crippen molar-refractivity contribution in [2.75, 3.05) is 18.4 Å². The number of nitrogens with zero attached hydrogens (tertiary/aromatic N) is 2. The van der Waals surface area contributed by atoms with Gasteiger partial charge in [0, 0.05) is 37.3 Å². The van der Waals surface area contributed by atoms with Gasteiger partial charge in [-0.15, -0.1) is 12.4 Å². The maximum atomic E-state index is 14.3. The number of hydrogen-bond donors (Lipinski definition) is 3. The van der Waals surface area contributed by atoms with Crippen LogP contribution < -0.4 is 10.8 Å². The highest BCUT2D eigenvalue weighted by molar-refractivity contribution is 5.90. The number of carbonyl (C=O) groups excluding carboxylic acids is 2. The van der Waals surface area contributed by atoms with Gasteiger partial charge in [-0.1, -0.05) is 19.3 Å². The predicted molar refractivity (Wildman–Crippen MR) is 106 cm³/mol. The minimum atomic E-state index is -0.703. The van der Waals surface area contributed by atoms with Crippen LogP contribution in [0, 0.1) is 11.7 Å². The fourth-order valence-corrected chi connectivity index (χ4v) is 3.74. The first-order chi connectivity index (χ1) is 13.1. The zero-order chi connectivity index (χ0) is 19.2. The van der Waals surface area contributed by atoms with Gasteiger partial charge >= 0.3 is 0 Å². The van der Waals surface area contributed by atoms with E-state index in [1.165, 1.54) is 30.2 Å². The van der Waals surface area contributed by atoms with Crippen LogP contribution in [0.1, 0.15) is 44.1 Å². The molecule has 1 atom stereocenters. The normalized spacial score (nSPS) is 20.1. The maximum Gasteiger partial charge on any atom is 0.267 e. The minimum Gasteiger partial charge on any atom is -0.363 e. The van der Waals surface area contributed by atoms with Crippen molar-refractivity contribution in [3.63, 3.8) is 0 Å². The summed E-state index contributed by atoms with van der Waals surface area (Å²) in [7, 11) is 0. The van der Waals surface area contributed by atoms with Crippen molar-refractivity contribution in [3.8, 4) is 0 Å². The van der Waals surface area contributed by atoms with E-state index in [2.05, 4.69) is 10.3 Å². The van der Waals surface area contributed by atoms with E-state index in [0.29, 0.717) is 18.7 Å². The van der Waals surface area contributed by atoms with Crippen molar-refractivity contribution >= 4 is 36.1 Å². The summed E-state index contributed by atoms with van der Waals surface area (Å²) in [6.45, 7) is 1.25. The van der Waals surface area contributed by atoms with Crippen LogP contribution in [-0.2, 0) is 9.59 Å². The highest BCUT2D eigenvalue weighted by Gasteiger charge is 2.31. The first-order valence-electron chi connectivity index (χ1n) is 9.40. The van der Waals surface area contributed by atoms with E-state index in [0.717, 1.165) is 38.2 Å². The van der Waals surface area contributed by atoms with Crippen LogP contribution in [0.5, 0.6) is 0 Å². The summed E-state index contributed by atoms with van der Waals surface area (Å²) in [6, 6.07) is 1.23. The fraction of sp³-hybridized carbons (Fsp3) is 0.526. The summed E-state index contributed by atoms with van der Waals surface area (Å²) in [5, 5.41) is 11.5. The standard InChI is InChI=1S/C19H25FN4O3.ClH/c20-16-10-13(6-7-17(25)23-27)11-21-18(16)22-15-8-9-24(12-15)19(26)14-4-2-1-3-5-14;/h6-7,10-11,14-15,27H,1-5,8-9,12H2,(H,21,22)(H,23,25);1H/b7-6+;/t15-;/m1./s1. The van der Waals surface area contributed by atoms with Crippen molar-refractivity contribution in [1.82, 2.24) is 15.4 Å². The van der Waals surface area contributed by atoms with Gasteiger partial charge in [0.15, 0.2) is 11.6 Å². The van der Waals surface area contributed by atoms with Crippen LogP contribution in [0.2, 0.25) is 0 Å². The fourth-order valence-electron chi connectivity index (χ4n) is 3.74. The Morgan fingerprint density at radius 2 is 2.00 bits per heavy atom. The quantitative estimate of drug-likeness (QED) is 0.392. The van der Waals surface area contributed by atoms with Gasteiger partial charge in [0.2, 0.25) is 5.91 Å². The predicted octanol–water partition coefficient (Wildman–Crippen LogP) is 2.75. The summed E-state index contributed by atoms with van der Waals surface area (Å²) < 4.78 is 14.3. The summed E-state index contributed by atoms with van der Waals surface area (Å²) in [4.78, 5) is 29.5. The molecule has 2 aliphatic rings. The van der Waals surface area contributed by atoms with Crippen LogP contribution in [0.4, 0.5) is 10.2 Å². The molecule has 28 heavy (non-hydrogen) atoms. The molecule has 3 rings (SSSR count). The molecular formula is C19H26ClFN4O3. The van der Waals surface area contributed by atoms with Gasteiger partial charge in [-0.3, -0.25) is 14.8 Å². The molecule has 0 radical (unpaired) electrons. The van der Waals surface area contributed by atoms with E-state index in [-0.39, 0.29) is 36.1 Å². The van der Waals surface area contributed by atoms with Gasteiger partial charge in [-0.05, 0) is 37.0 Å². The number of hydrogen-bond acceptors (Lipinski definition) is 5. The molecule has 0 unspecified atom stereocenters. The number of nitrogens with one attached hydrogen (secondary N) is 2. The molecular weight excluding hydrogens is 387 g/mol. The van der Waals surface area contributed by atoms with E-state index in [9.17, 15) is 14.0 Å². The summed E-state index contributed by atoms with van der Waals surface area (Å²) in [5.74, 6) is -0.717. The van der Waals surface area contributed by atoms with Crippen LogP contribution in [-0.4, -0.2) is 46.0 Å². The highest BCUT2D eigenvalue weighted by Crippen LogP contribution is 2.27. The van der Waals surface area contributed by atoms with Crippen LogP contribution in [0.25, 0.3) is 6.08 Å². The van der Waals surface area contributed by atoms with Crippen molar-refractivity contribution in [1.29, 1.82) is 0 Å². The van der Waals surface area contributed by atoms with E-state index in [4.69, 9.17) is 5.21 Å². The second kappa shape index (κ2) is 10.4. The second-order valence-electron chi connectivity index (χ2n) is 7.16. The Labute approximate surface area is 169 Å². The lowest BCUT2D eigenvalue weighted by Gasteiger charge is -2.26. The van der Waals surface area contributed by atoms with Gasteiger partial charge in [0.25, 0.3) is 5.91 Å². The molecule has 9 heteroatoms. The molecule has 0 aromatic carbocycles. The third-order valence-electron chi connectivity index (χ3n) is 5.19. The van der Waals surface area contributed by atoms with Crippen LogP contribution >= 0.6 is 12.4 Å². The van der Waals surface area contributed by atoms with E-state index >= 15 is 0 Å². The average molecular weight is 413 g/mol. The second-order valence-corrected chi connectivity index (χ2v) is 7.16. The van der Waals surface area contributed by atoms with Crippen LogP contribution in [0.3, 0.4) is 0 Å². The maximum absolute atomic E-state index is 14.3. The molecule has 1 aliphatic carbocycles. The first-order valence-corrected chi connectivity index (χ1v) is 9.40. The zero-order valence-corrected chi connectivity index (χ0v) is 16.4. The number of amides is 2. The number of halogens is 2. The van der Waals surface area contributed by atoms with Crippen molar-refractivity contribution < 1.29 is 19.2 Å². The molecule has 1 aromatic rings. The Bertz CT molecular complexity index is 725. The largest absolute Gasteiger partial charge is 0.363 e. The Balaban J connectivity index is 0.00000280. The lowest BCUT2D eigenvalue weighted by atomic mass is 9.88. The Kier molecular flexibility index (Phi) is 8.19.